The van der Waals surface area contributed by atoms with Crippen LogP contribution in [0.3, 0.4) is 0 Å². The first-order chi connectivity index (χ1) is 14.0. The number of hydrogen-bond donors (Lipinski definition) is 3. The first-order valence-corrected chi connectivity index (χ1v) is 9.21. The Hall–Kier alpha value is -3.82. The Morgan fingerprint density at radius 2 is 1.79 bits per heavy atom. The Balaban J connectivity index is 1.58. The van der Waals surface area contributed by atoms with Crippen LogP contribution in [-0.4, -0.2) is 38.1 Å². The maximum absolute atomic E-state index is 11.4. The van der Waals surface area contributed by atoms with Gasteiger partial charge in [-0.1, -0.05) is 0 Å². The summed E-state index contributed by atoms with van der Waals surface area (Å²) in [6.45, 7) is 1.45. The van der Waals surface area contributed by atoms with Crippen LogP contribution in [0.25, 0.3) is 11.3 Å². The van der Waals surface area contributed by atoms with E-state index in [1.165, 1.54) is 12.1 Å². The third-order valence-electron chi connectivity index (χ3n) is 4.75. The molecule has 0 unspecified atom stereocenters. The van der Waals surface area contributed by atoms with E-state index in [-0.39, 0.29) is 23.1 Å². The Morgan fingerprint density at radius 1 is 1.07 bits per heavy atom. The van der Waals surface area contributed by atoms with Crippen LogP contribution in [0.4, 0.5) is 11.5 Å². The molecule has 0 aliphatic carbocycles. The van der Waals surface area contributed by atoms with E-state index < -0.39 is 10.6 Å². The zero-order chi connectivity index (χ0) is 20.4. The molecule has 0 atom stereocenters. The zero-order valence-corrected chi connectivity index (χ0v) is 15.4. The summed E-state index contributed by atoms with van der Waals surface area (Å²) in [5, 5.41) is 21.1. The normalized spacial score (nSPS) is 14.0. The number of piperidine rings is 1. The Labute approximate surface area is 164 Å². The highest BCUT2D eigenvalue weighted by Crippen LogP contribution is 2.33. The lowest BCUT2D eigenvalue weighted by Gasteiger charge is -2.27. The fourth-order valence-corrected chi connectivity index (χ4v) is 3.35. The van der Waals surface area contributed by atoms with E-state index in [0.29, 0.717) is 17.1 Å². The van der Waals surface area contributed by atoms with Gasteiger partial charge in [0.2, 0.25) is 17.6 Å². The van der Waals surface area contributed by atoms with Gasteiger partial charge in [-0.2, -0.15) is 4.98 Å². The van der Waals surface area contributed by atoms with Crippen molar-refractivity contribution < 1.29 is 14.8 Å². The lowest BCUT2D eigenvalue weighted by Crippen LogP contribution is -2.30. The lowest BCUT2D eigenvalue weighted by atomic mass is 10.1. The predicted octanol–water partition coefficient (Wildman–Crippen LogP) is 3.16. The molecule has 0 radical (unpaired) electrons. The van der Waals surface area contributed by atoms with Gasteiger partial charge in [0.15, 0.2) is 0 Å². The van der Waals surface area contributed by atoms with Gasteiger partial charge < -0.3 is 19.7 Å². The second-order valence-corrected chi connectivity index (χ2v) is 6.73. The van der Waals surface area contributed by atoms with E-state index >= 15 is 0 Å². The van der Waals surface area contributed by atoms with Crippen molar-refractivity contribution >= 4 is 11.5 Å². The fourth-order valence-electron chi connectivity index (χ4n) is 3.35. The van der Waals surface area contributed by atoms with Crippen LogP contribution in [0.15, 0.2) is 41.2 Å². The minimum Gasteiger partial charge on any atom is -0.493 e. The van der Waals surface area contributed by atoms with Gasteiger partial charge in [0, 0.05) is 30.8 Å². The number of benzene rings is 1. The average Bonchev–Trinajstić information content (AvgIpc) is 3.07. The maximum atomic E-state index is 11.4. The van der Waals surface area contributed by atoms with Crippen LogP contribution in [-0.2, 0) is 0 Å². The van der Waals surface area contributed by atoms with Crippen molar-refractivity contribution in [2.45, 2.75) is 19.3 Å². The molecule has 3 aromatic rings. The fraction of sp³-hybridized carbons (Fsp3) is 0.263. The minimum atomic E-state index is -0.502. The van der Waals surface area contributed by atoms with Crippen molar-refractivity contribution in [1.82, 2.24) is 15.0 Å². The van der Waals surface area contributed by atoms with Crippen molar-refractivity contribution in [3.63, 3.8) is 0 Å². The Kier molecular flexibility index (Phi) is 4.90. The third-order valence-corrected chi connectivity index (χ3v) is 4.75. The molecule has 0 bridgehead atoms. The van der Waals surface area contributed by atoms with E-state index in [1.807, 2.05) is 4.90 Å². The van der Waals surface area contributed by atoms with Crippen LogP contribution in [0.5, 0.6) is 17.5 Å². The molecule has 150 valence electrons. The quantitative estimate of drug-likeness (QED) is 0.444. The van der Waals surface area contributed by atoms with Gasteiger partial charge in [-0.3, -0.25) is 15.1 Å². The van der Waals surface area contributed by atoms with Crippen molar-refractivity contribution in [3.8, 4) is 28.8 Å². The van der Waals surface area contributed by atoms with Crippen LogP contribution in [0.1, 0.15) is 19.3 Å². The second kappa shape index (κ2) is 7.66. The summed E-state index contributed by atoms with van der Waals surface area (Å²) in [5.41, 5.74) is 0.334. The monoisotopic (exact) mass is 397 g/mol. The van der Waals surface area contributed by atoms with Crippen molar-refractivity contribution in [2.75, 3.05) is 18.0 Å². The number of H-pyrrole nitrogens is 2. The molecule has 3 N–H and O–H groups in total. The molecule has 1 saturated heterocycles. The zero-order valence-electron chi connectivity index (χ0n) is 15.4. The Bertz CT molecular complexity index is 1080. The Morgan fingerprint density at radius 3 is 2.41 bits per heavy atom. The number of ether oxygens (including phenoxy) is 1. The topological polar surface area (TPSA) is 137 Å². The van der Waals surface area contributed by atoms with Crippen molar-refractivity contribution in [1.29, 1.82) is 0 Å². The minimum absolute atomic E-state index is 0.0403. The second-order valence-electron chi connectivity index (χ2n) is 6.73. The molecule has 1 aliphatic heterocycles. The van der Waals surface area contributed by atoms with E-state index in [0.717, 1.165) is 32.4 Å². The number of rotatable bonds is 5. The summed E-state index contributed by atoms with van der Waals surface area (Å²) in [4.78, 5) is 33.3. The number of hydrogen-bond acceptors (Lipinski definition) is 7. The molecule has 0 spiro atoms. The number of imidazole rings is 1. The number of anilines is 1. The molecule has 1 fully saturated rings. The molecule has 0 saturated carbocycles. The number of aromatic nitrogens is 3. The molecular weight excluding hydrogens is 378 g/mol. The first kappa shape index (κ1) is 18.5. The van der Waals surface area contributed by atoms with Crippen LogP contribution < -0.4 is 15.3 Å². The molecule has 10 nitrogen and oxygen atoms in total. The number of nitro groups is 1. The van der Waals surface area contributed by atoms with E-state index in [9.17, 15) is 20.0 Å². The van der Waals surface area contributed by atoms with Gasteiger partial charge in [-0.05, 0) is 43.5 Å². The standard InChI is InChI=1S/C19H19N5O5/c25-18-16(21-19(26)22-18)12-4-6-13(7-5-12)29-15-9-8-14(24(27)28)17(20-15)23-10-2-1-3-11-23/h4-9,25H,1-3,10-11H2,(H2,21,22,26). The maximum Gasteiger partial charge on any atom is 0.326 e. The summed E-state index contributed by atoms with van der Waals surface area (Å²) in [6.07, 6.45) is 3.05. The SMILES string of the molecule is O=c1[nH]c(O)c(-c2ccc(Oc3ccc([N+](=O)[O-])c(N4CCCCC4)n3)cc2)[nH]1. The van der Waals surface area contributed by atoms with Gasteiger partial charge in [0.05, 0.1) is 4.92 Å². The molecule has 0 amide bonds. The van der Waals surface area contributed by atoms with E-state index in [1.54, 1.807) is 24.3 Å². The van der Waals surface area contributed by atoms with Gasteiger partial charge in [0.25, 0.3) is 0 Å². The highest BCUT2D eigenvalue weighted by atomic mass is 16.6. The van der Waals surface area contributed by atoms with E-state index in [2.05, 4.69) is 15.0 Å². The summed E-state index contributed by atoms with van der Waals surface area (Å²) in [5.74, 6) is 0.796. The van der Waals surface area contributed by atoms with Gasteiger partial charge in [-0.25, -0.2) is 4.79 Å². The number of pyridine rings is 1. The third kappa shape index (κ3) is 3.91. The van der Waals surface area contributed by atoms with E-state index in [4.69, 9.17) is 4.74 Å². The molecule has 4 rings (SSSR count). The number of aromatic amines is 2. The van der Waals surface area contributed by atoms with Crippen LogP contribution in [0.2, 0.25) is 0 Å². The number of nitrogens with one attached hydrogen (secondary N) is 2. The van der Waals surface area contributed by atoms with Crippen LogP contribution in [0, 0.1) is 10.1 Å². The summed E-state index contributed by atoms with van der Waals surface area (Å²) in [7, 11) is 0. The van der Waals surface area contributed by atoms with Crippen molar-refractivity contribution in [2.24, 2.45) is 0 Å². The summed E-state index contributed by atoms with van der Waals surface area (Å²) < 4.78 is 5.77. The summed E-state index contributed by atoms with van der Waals surface area (Å²) >= 11 is 0. The smallest absolute Gasteiger partial charge is 0.326 e. The van der Waals surface area contributed by atoms with Crippen molar-refractivity contribution in [3.05, 3.63) is 57.0 Å². The van der Waals surface area contributed by atoms with Gasteiger partial charge in [0.1, 0.15) is 11.4 Å². The van der Waals surface area contributed by atoms with Crippen LogP contribution >= 0.6 is 0 Å². The molecule has 1 aromatic carbocycles. The molecule has 2 aromatic heterocycles. The predicted molar refractivity (Wildman–Crippen MR) is 106 cm³/mol. The molecule has 29 heavy (non-hydrogen) atoms. The highest BCUT2D eigenvalue weighted by molar-refractivity contribution is 5.65. The first-order valence-electron chi connectivity index (χ1n) is 9.21. The average molecular weight is 397 g/mol. The van der Waals surface area contributed by atoms with Gasteiger partial charge >= 0.3 is 11.4 Å². The molecule has 10 heteroatoms. The number of nitrogens with zero attached hydrogens (tertiary/aromatic N) is 3. The molecule has 1 aliphatic rings. The molecular formula is C19H19N5O5. The molecule has 3 heterocycles. The lowest BCUT2D eigenvalue weighted by molar-refractivity contribution is -0.384. The number of aromatic hydroxyl groups is 1. The summed E-state index contributed by atoms with van der Waals surface area (Å²) in [6, 6.07) is 9.53. The highest BCUT2D eigenvalue weighted by Gasteiger charge is 2.24. The van der Waals surface area contributed by atoms with Gasteiger partial charge in [-0.15, -0.1) is 0 Å². The largest absolute Gasteiger partial charge is 0.493 e.